The monoisotopic (exact) mass is 279 g/mol. The maximum Gasteiger partial charge on any atom is 0.124 e. The first kappa shape index (κ1) is 17.0. The molecule has 1 aromatic rings. The molecule has 1 unspecified atom stereocenters. The molecule has 3 nitrogen and oxygen atoms in total. The molecule has 0 fully saturated rings. The van der Waals surface area contributed by atoms with Crippen molar-refractivity contribution in [2.75, 3.05) is 13.2 Å². The van der Waals surface area contributed by atoms with Gasteiger partial charge in [0, 0.05) is 11.6 Å². The third-order valence-corrected chi connectivity index (χ3v) is 3.96. The summed E-state index contributed by atoms with van der Waals surface area (Å²) in [5.74, 6) is 0.874. The van der Waals surface area contributed by atoms with Gasteiger partial charge in [0.1, 0.15) is 12.4 Å². The predicted molar refractivity (Wildman–Crippen MR) is 84.3 cm³/mol. The first-order valence-corrected chi connectivity index (χ1v) is 7.64. The molecule has 0 aromatic heterocycles. The summed E-state index contributed by atoms with van der Waals surface area (Å²) in [6.45, 7) is 11.5. The molecular formula is C17H29NO2. The lowest BCUT2D eigenvalue weighted by Gasteiger charge is -2.27. The lowest BCUT2D eigenvalue weighted by Crippen LogP contribution is -2.34. The zero-order chi connectivity index (χ0) is 15.2. The molecule has 0 aliphatic heterocycles. The molecule has 0 spiro atoms. The van der Waals surface area contributed by atoms with E-state index in [4.69, 9.17) is 4.74 Å². The van der Waals surface area contributed by atoms with Crippen LogP contribution in [0.1, 0.15) is 57.7 Å². The van der Waals surface area contributed by atoms with Gasteiger partial charge in [-0.3, -0.25) is 0 Å². The van der Waals surface area contributed by atoms with Crippen molar-refractivity contribution in [1.82, 2.24) is 5.32 Å². The second kappa shape index (κ2) is 7.65. The average Bonchev–Trinajstić information content (AvgIpc) is 2.45. The molecule has 0 aliphatic rings. The number of ether oxygens (including phenoxy) is 1. The van der Waals surface area contributed by atoms with Crippen LogP contribution in [0.25, 0.3) is 0 Å². The first-order chi connectivity index (χ1) is 9.45. The Bertz CT molecular complexity index is 413. The molecule has 0 bridgehead atoms. The van der Waals surface area contributed by atoms with Gasteiger partial charge in [0.05, 0.1) is 5.60 Å². The van der Waals surface area contributed by atoms with Gasteiger partial charge in [0.15, 0.2) is 0 Å². The van der Waals surface area contributed by atoms with E-state index in [1.807, 2.05) is 13.8 Å². The lowest BCUT2D eigenvalue weighted by molar-refractivity contribution is -0.0117. The number of hydrogen-bond donors (Lipinski definition) is 2. The maximum atomic E-state index is 10.4. The molecule has 1 rings (SSSR count). The molecule has 114 valence electrons. The van der Waals surface area contributed by atoms with Gasteiger partial charge in [-0.15, -0.1) is 0 Å². The molecule has 0 saturated carbocycles. The van der Waals surface area contributed by atoms with Crippen molar-refractivity contribution in [2.45, 2.75) is 59.1 Å². The van der Waals surface area contributed by atoms with E-state index in [2.05, 4.69) is 44.3 Å². The number of benzene rings is 1. The summed E-state index contributed by atoms with van der Waals surface area (Å²) in [6.07, 6.45) is 1.40. The molecule has 0 saturated heterocycles. The lowest BCUT2D eigenvalue weighted by atomic mass is 9.99. The summed E-state index contributed by atoms with van der Waals surface area (Å²) >= 11 is 0. The van der Waals surface area contributed by atoms with Gasteiger partial charge in [-0.1, -0.05) is 32.9 Å². The van der Waals surface area contributed by atoms with Gasteiger partial charge in [0.25, 0.3) is 0 Å². The molecule has 0 heterocycles. The number of rotatable bonds is 8. The van der Waals surface area contributed by atoms with Crippen LogP contribution in [-0.4, -0.2) is 23.9 Å². The van der Waals surface area contributed by atoms with Crippen molar-refractivity contribution in [3.63, 3.8) is 0 Å². The van der Waals surface area contributed by atoms with E-state index in [1.54, 1.807) is 0 Å². The van der Waals surface area contributed by atoms with E-state index in [-0.39, 0.29) is 6.04 Å². The molecule has 0 amide bonds. The van der Waals surface area contributed by atoms with Gasteiger partial charge in [-0.05, 0) is 44.9 Å². The summed E-state index contributed by atoms with van der Waals surface area (Å²) in [4.78, 5) is 0. The zero-order valence-corrected chi connectivity index (χ0v) is 13.5. The van der Waals surface area contributed by atoms with Crippen LogP contribution in [0.4, 0.5) is 0 Å². The van der Waals surface area contributed by atoms with Crippen LogP contribution >= 0.6 is 0 Å². The van der Waals surface area contributed by atoms with Crippen LogP contribution in [0, 0.1) is 6.92 Å². The number of aryl methyl sites for hydroxylation is 1. The first-order valence-electron chi connectivity index (χ1n) is 7.64. The van der Waals surface area contributed by atoms with E-state index < -0.39 is 5.60 Å². The summed E-state index contributed by atoms with van der Waals surface area (Å²) in [5, 5.41) is 13.8. The molecule has 20 heavy (non-hydrogen) atoms. The molecule has 1 atom stereocenters. The second-order valence-corrected chi connectivity index (χ2v) is 5.54. The van der Waals surface area contributed by atoms with E-state index >= 15 is 0 Å². The fraction of sp³-hybridized carbons (Fsp3) is 0.647. The molecule has 0 radical (unpaired) electrons. The van der Waals surface area contributed by atoms with Gasteiger partial charge in [-0.25, -0.2) is 0 Å². The molecule has 1 aromatic carbocycles. The van der Waals surface area contributed by atoms with Gasteiger partial charge in [-0.2, -0.15) is 0 Å². The Morgan fingerprint density at radius 2 is 1.90 bits per heavy atom. The van der Waals surface area contributed by atoms with Crippen LogP contribution < -0.4 is 10.1 Å². The van der Waals surface area contributed by atoms with Gasteiger partial charge in [0.2, 0.25) is 0 Å². The number of nitrogens with one attached hydrogen (secondary N) is 1. The Labute approximate surface area is 123 Å². The fourth-order valence-electron chi connectivity index (χ4n) is 2.21. The fourth-order valence-corrected chi connectivity index (χ4v) is 2.21. The highest BCUT2D eigenvalue weighted by molar-refractivity contribution is 5.39. The number of aliphatic hydroxyl groups is 1. The summed E-state index contributed by atoms with van der Waals surface area (Å²) < 4.78 is 5.94. The van der Waals surface area contributed by atoms with Crippen LogP contribution in [0.5, 0.6) is 5.75 Å². The van der Waals surface area contributed by atoms with Crippen molar-refractivity contribution < 1.29 is 9.84 Å². The summed E-state index contributed by atoms with van der Waals surface area (Å²) in [6, 6.07) is 6.50. The normalized spacial score (nSPS) is 13.3. The molecular weight excluding hydrogens is 250 g/mol. The van der Waals surface area contributed by atoms with E-state index in [0.29, 0.717) is 19.4 Å². The highest BCUT2D eigenvalue weighted by atomic mass is 16.5. The highest BCUT2D eigenvalue weighted by Gasteiger charge is 2.24. The topological polar surface area (TPSA) is 41.5 Å². The molecule has 0 aliphatic carbocycles. The summed E-state index contributed by atoms with van der Waals surface area (Å²) in [5.41, 5.74) is 1.58. The Hall–Kier alpha value is -1.06. The van der Waals surface area contributed by atoms with Crippen LogP contribution in [-0.2, 0) is 0 Å². The Balaban J connectivity index is 2.90. The van der Waals surface area contributed by atoms with Crippen molar-refractivity contribution in [2.24, 2.45) is 0 Å². The van der Waals surface area contributed by atoms with Crippen LogP contribution in [0.2, 0.25) is 0 Å². The minimum atomic E-state index is -0.734. The third kappa shape index (κ3) is 4.50. The minimum Gasteiger partial charge on any atom is -0.490 e. The Morgan fingerprint density at radius 1 is 1.25 bits per heavy atom. The Morgan fingerprint density at radius 3 is 2.45 bits per heavy atom. The van der Waals surface area contributed by atoms with Crippen molar-refractivity contribution >= 4 is 0 Å². The molecule has 3 heteroatoms. The van der Waals surface area contributed by atoms with Gasteiger partial charge >= 0.3 is 0 Å². The summed E-state index contributed by atoms with van der Waals surface area (Å²) in [7, 11) is 0. The van der Waals surface area contributed by atoms with Crippen molar-refractivity contribution in [3.05, 3.63) is 29.3 Å². The largest absolute Gasteiger partial charge is 0.490 e. The standard InChI is InChI=1S/C17H29NO2/c1-6-17(19,7-2)12-20-16-11-13(4)9-10-15(16)14(5)18-8-3/h9-11,14,18-19H,6-8,12H2,1-5H3. The predicted octanol–water partition coefficient (Wildman–Crippen LogP) is 3.60. The van der Waals surface area contributed by atoms with E-state index in [1.165, 1.54) is 5.56 Å². The highest BCUT2D eigenvalue weighted by Crippen LogP contribution is 2.28. The minimum absolute atomic E-state index is 0.243. The van der Waals surface area contributed by atoms with E-state index in [9.17, 15) is 5.11 Å². The van der Waals surface area contributed by atoms with Crippen LogP contribution in [0.15, 0.2) is 18.2 Å². The second-order valence-electron chi connectivity index (χ2n) is 5.54. The van der Waals surface area contributed by atoms with Crippen molar-refractivity contribution in [3.8, 4) is 5.75 Å². The molecule has 2 N–H and O–H groups in total. The van der Waals surface area contributed by atoms with Crippen LogP contribution in [0.3, 0.4) is 0 Å². The van der Waals surface area contributed by atoms with E-state index in [0.717, 1.165) is 17.9 Å². The van der Waals surface area contributed by atoms with Crippen molar-refractivity contribution in [1.29, 1.82) is 0 Å². The zero-order valence-electron chi connectivity index (χ0n) is 13.5. The average molecular weight is 279 g/mol. The smallest absolute Gasteiger partial charge is 0.124 e. The maximum absolute atomic E-state index is 10.4. The Kier molecular flexibility index (Phi) is 6.50. The van der Waals surface area contributed by atoms with Gasteiger partial charge < -0.3 is 15.2 Å². The SMILES string of the molecule is CCNC(C)c1ccc(C)cc1OCC(O)(CC)CC. The quantitative estimate of drug-likeness (QED) is 0.764. The third-order valence-electron chi connectivity index (χ3n) is 3.96. The number of hydrogen-bond acceptors (Lipinski definition) is 3.